The third-order valence-electron chi connectivity index (χ3n) is 10.6. The van der Waals surface area contributed by atoms with Crippen LogP contribution in [0.25, 0.3) is 0 Å². The van der Waals surface area contributed by atoms with Crippen LogP contribution in [0.3, 0.4) is 0 Å². The smallest absolute Gasteiger partial charge is 0.306 e. The SMILES string of the molecule is CC1CCC(=O)OC2CC3C(C(O)CC4CC(O)CCC43C)C3CCC1C23C. The van der Waals surface area contributed by atoms with Gasteiger partial charge in [-0.1, -0.05) is 20.8 Å². The van der Waals surface area contributed by atoms with Gasteiger partial charge in [-0.3, -0.25) is 4.79 Å². The lowest BCUT2D eigenvalue weighted by molar-refractivity contribution is -0.221. The molecular formula is C24H38O4. The molecule has 0 amide bonds. The van der Waals surface area contributed by atoms with Crippen LogP contribution in [-0.2, 0) is 9.53 Å². The van der Waals surface area contributed by atoms with Gasteiger partial charge in [0.05, 0.1) is 12.2 Å². The standard InChI is InChI=1S/C24H38O4/c1-13-4-7-21(27)28-20-12-18-22(17-6-5-16(13)24(17,20)3)19(26)11-14-10-15(25)8-9-23(14,18)2/h13-20,22,25-26H,4-12H2,1-3H3. The number of carbonyl (C=O) groups excluding carboxylic acids is 1. The van der Waals surface area contributed by atoms with Crippen molar-refractivity contribution in [3.63, 3.8) is 0 Å². The van der Waals surface area contributed by atoms with Gasteiger partial charge in [-0.05, 0) is 92.3 Å². The number of aliphatic hydroxyl groups excluding tert-OH is 2. The largest absolute Gasteiger partial charge is 0.462 e. The average Bonchev–Trinajstić information content (AvgIpc) is 2.99. The maximum absolute atomic E-state index is 12.5. The number of ether oxygens (including phenoxy) is 1. The molecule has 158 valence electrons. The second kappa shape index (κ2) is 6.44. The van der Waals surface area contributed by atoms with Gasteiger partial charge in [0.25, 0.3) is 0 Å². The Kier molecular flexibility index (Phi) is 4.45. The summed E-state index contributed by atoms with van der Waals surface area (Å²) in [5.74, 6) is 2.70. The maximum Gasteiger partial charge on any atom is 0.306 e. The molecular weight excluding hydrogens is 352 g/mol. The van der Waals surface area contributed by atoms with Gasteiger partial charge in [0.2, 0.25) is 0 Å². The number of hydrogen-bond acceptors (Lipinski definition) is 4. The molecule has 0 bridgehead atoms. The van der Waals surface area contributed by atoms with E-state index in [0.29, 0.717) is 41.9 Å². The quantitative estimate of drug-likeness (QED) is 0.615. The van der Waals surface area contributed by atoms with Gasteiger partial charge in [-0.15, -0.1) is 0 Å². The van der Waals surface area contributed by atoms with Crippen LogP contribution in [0.1, 0.15) is 78.6 Å². The van der Waals surface area contributed by atoms with Gasteiger partial charge in [0.15, 0.2) is 0 Å². The maximum atomic E-state index is 12.5. The second-order valence-electron chi connectivity index (χ2n) is 11.5. The van der Waals surface area contributed by atoms with Crippen LogP contribution in [0.4, 0.5) is 0 Å². The van der Waals surface area contributed by atoms with Gasteiger partial charge in [-0.2, -0.15) is 0 Å². The number of esters is 1. The first-order valence-corrected chi connectivity index (χ1v) is 11.8. The third-order valence-corrected chi connectivity index (χ3v) is 10.6. The first kappa shape index (κ1) is 19.4. The number of carbonyl (C=O) groups is 1. The Morgan fingerprint density at radius 1 is 0.964 bits per heavy atom. The van der Waals surface area contributed by atoms with Crippen LogP contribution < -0.4 is 0 Å². The zero-order valence-corrected chi connectivity index (χ0v) is 17.8. The molecule has 4 aliphatic carbocycles. The van der Waals surface area contributed by atoms with Crippen molar-refractivity contribution in [1.82, 2.24) is 0 Å². The second-order valence-corrected chi connectivity index (χ2v) is 11.5. The lowest BCUT2D eigenvalue weighted by atomic mass is 9.43. The normalized spacial score (nSPS) is 58.6. The summed E-state index contributed by atoms with van der Waals surface area (Å²) in [5.41, 5.74) is 0.165. The molecule has 5 fully saturated rings. The van der Waals surface area contributed by atoms with Gasteiger partial charge in [0, 0.05) is 11.8 Å². The summed E-state index contributed by atoms with van der Waals surface area (Å²) in [7, 11) is 0. The summed E-state index contributed by atoms with van der Waals surface area (Å²) in [4.78, 5) is 12.5. The van der Waals surface area contributed by atoms with Crippen LogP contribution in [0.5, 0.6) is 0 Å². The van der Waals surface area contributed by atoms with Crippen molar-refractivity contribution in [3.05, 3.63) is 0 Å². The Hall–Kier alpha value is -0.610. The number of hydrogen-bond donors (Lipinski definition) is 2. The third kappa shape index (κ3) is 2.52. The Labute approximate surface area is 169 Å². The van der Waals surface area contributed by atoms with Gasteiger partial charge in [-0.25, -0.2) is 0 Å². The molecule has 0 aromatic heterocycles. The molecule has 4 nitrogen and oxygen atoms in total. The van der Waals surface area contributed by atoms with Gasteiger partial charge >= 0.3 is 5.97 Å². The Morgan fingerprint density at radius 3 is 2.50 bits per heavy atom. The first-order valence-electron chi connectivity index (χ1n) is 11.8. The Bertz CT molecular complexity index is 649. The van der Waals surface area contributed by atoms with E-state index in [2.05, 4.69) is 20.8 Å². The van der Waals surface area contributed by atoms with E-state index in [9.17, 15) is 15.0 Å². The highest BCUT2D eigenvalue weighted by Gasteiger charge is 2.67. The summed E-state index contributed by atoms with van der Waals surface area (Å²) < 4.78 is 6.19. The van der Waals surface area contributed by atoms with E-state index in [1.54, 1.807) is 0 Å². The fourth-order valence-electron chi connectivity index (χ4n) is 9.04. The molecule has 5 rings (SSSR count). The van der Waals surface area contributed by atoms with E-state index in [1.165, 1.54) is 12.8 Å². The highest BCUT2D eigenvalue weighted by atomic mass is 16.5. The fourth-order valence-corrected chi connectivity index (χ4v) is 9.04. The minimum atomic E-state index is -0.272. The van der Waals surface area contributed by atoms with E-state index in [0.717, 1.165) is 38.5 Å². The van der Waals surface area contributed by atoms with E-state index < -0.39 is 0 Å². The lowest BCUT2D eigenvalue weighted by Crippen LogP contribution is -2.63. The van der Waals surface area contributed by atoms with E-state index in [1.807, 2.05) is 0 Å². The van der Waals surface area contributed by atoms with Crippen molar-refractivity contribution in [2.45, 2.75) is 96.9 Å². The summed E-state index contributed by atoms with van der Waals surface area (Å²) in [6, 6.07) is 0. The van der Waals surface area contributed by atoms with Gasteiger partial charge in [0.1, 0.15) is 6.10 Å². The van der Waals surface area contributed by atoms with E-state index in [-0.39, 0.29) is 35.1 Å². The number of rotatable bonds is 0. The molecule has 4 saturated carbocycles. The molecule has 11 atom stereocenters. The van der Waals surface area contributed by atoms with Crippen molar-refractivity contribution >= 4 is 5.97 Å². The number of fused-ring (bicyclic) bond motifs is 4. The highest BCUT2D eigenvalue weighted by molar-refractivity contribution is 5.69. The number of aliphatic hydroxyl groups is 2. The monoisotopic (exact) mass is 390 g/mol. The van der Waals surface area contributed by atoms with Crippen LogP contribution in [0.15, 0.2) is 0 Å². The van der Waals surface area contributed by atoms with Crippen molar-refractivity contribution in [1.29, 1.82) is 0 Å². The molecule has 1 heterocycles. The summed E-state index contributed by atoms with van der Waals surface area (Å²) in [6.45, 7) is 7.13. The molecule has 0 aromatic rings. The zero-order valence-electron chi connectivity index (χ0n) is 17.8. The molecule has 28 heavy (non-hydrogen) atoms. The summed E-state index contributed by atoms with van der Waals surface area (Å²) >= 11 is 0. The lowest BCUT2D eigenvalue weighted by Gasteiger charge is -2.64. The minimum absolute atomic E-state index is 0.00359. The summed E-state index contributed by atoms with van der Waals surface area (Å²) in [5, 5.41) is 21.6. The van der Waals surface area contributed by atoms with Crippen LogP contribution >= 0.6 is 0 Å². The predicted octanol–water partition coefficient (Wildman–Crippen LogP) is 3.93. The predicted molar refractivity (Wildman–Crippen MR) is 106 cm³/mol. The molecule has 4 heteroatoms. The van der Waals surface area contributed by atoms with E-state index >= 15 is 0 Å². The molecule has 0 spiro atoms. The average molecular weight is 391 g/mol. The van der Waals surface area contributed by atoms with Crippen LogP contribution in [0.2, 0.25) is 0 Å². The van der Waals surface area contributed by atoms with Crippen LogP contribution in [-0.4, -0.2) is 34.5 Å². The van der Waals surface area contributed by atoms with Crippen molar-refractivity contribution in [3.8, 4) is 0 Å². The van der Waals surface area contributed by atoms with Crippen molar-refractivity contribution < 1.29 is 19.7 Å². The molecule has 2 N–H and O–H groups in total. The van der Waals surface area contributed by atoms with E-state index in [4.69, 9.17) is 4.74 Å². The zero-order chi connectivity index (χ0) is 19.8. The Balaban J connectivity index is 1.55. The topological polar surface area (TPSA) is 66.8 Å². The minimum Gasteiger partial charge on any atom is -0.462 e. The first-order chi connectivity index (χ1) is 13.2. The molecule has 1 aliphatic heterocycles. The van der Waals surface area contributed by atoms with Crippen molar-refractivity contribution in [2.75, 3.05) is 0 Å². The Morgan fingerprint density at radius 2 is 1.71 bits per heavy atom. The van der Waals surface area contributed by atoms with Crippen molar-refractivity contribution in [2.24, 2.45) is 46.3 Å². The molecule has 11 unspecified atom stereocenters. The molecule has 5 aliphatic rings. The molecule has 1 saturated heterocycles. The van der Waals surface area contributed by atoms with Gasteiger partial charge < -0.3 is 14.9 Å². The highest BCUT2D eigenvalue weighted by Crippen LogP contribution is 2.69. The van der Waals surface area contributed by atoms with Crippen LogP contribution in [0, 0.1) is 46.3 Å². The molecule has 0 radical (unpaired) electrons. The fraction of sp³-hybridized carbons (Fsp3) is 0.958. The summed E-state index contributed by atoms with van der Waals surface area (Å²) in [6.07, 6.45) is 7.86. The molecule has 0 aromatic carbocycles.